The molecule has 20 heavy (non-hydrogen) atoms. The number of hydrogen-bond donors (Lipinski definition) is 3. The summed E-state index contributed by atoms with van der Waals surface area (Å²) in [5.41, 5.74) is 1.49. The van der Waals surface area contributed by atoms with Gasteiger partial charge in [-0.15, -0.1) is 0 Å². The monoisotopic (exact) mass is 278 g/mol. The SMILES string of the molecule is CC(=O)Nc1cccc(NCC(=O)NCCN(C)C)c1. The van der Waals surface area contributed by atoms with Gasteiger partial charge in [0.1, 0.15) is 0 Å². The summed E-state index contributed by atoms with van der Waals surface area (Å²) in [6.07, 6.45) is 0. The maximum absolute atomic E-state index is 11.6. The molecule has 0 aromatic heterocycles. The fourth-order valence-corrected chi connectivity index (χ4v) is 1.57. The van der Waals surface area contributed by atoms with E-state index in [-0.39, 0.29) is 18.4 Å². The van der Waals surface area contributed by atoms with E-state index in [4.69, 9.17) is 0 Å². The summed E-state index contributed by atoms with van der Waals surface area (Å²) in [6, 6.07) is 7.24. The number of nitrogens with one attached hydrogen (secondary N) is 3. The minimum atomic E-state index is -0.122. The molecular weight excluding hydrogens is 256 g/mol. The van der Waals surface area contributed by atoms with E-state index in [9.17, 15) is 9.59 Å². The van der Waals surface area contributed by atoms with E-state index in [0.29, 0.717) is 12.2 Å². The molecule has 6 heteroatoms. The van der Waals surface area contributed by atoms with E-state index in [1.807, 2.05) is 31.1 Å². The molecule has 0 spiro atoms. The largest absolute Gasteiger partial charge is 0.376 e. The molecule has 0 aliphatic heterocycles. The zero-order chi connectivity index (χ0) is 15.0. The summed E-state index contributed by atoms with van der Waals surface area (Å²) >= 11 is 0. The minimum Gasteiger partial charge on any atom is -0.376 e. The molecule has 0 aliphatic carbocycles. The lowest BCUT2D eigenvalue weighted by Crippen LogP contribution is -2.35. The first-order valence-corrected chi connectivity index (χ1v) is 6.50. The first-order chi connectivity index (χ1) is 9.47. The smallest absolute Gasteiger partial charge is 0.239 e. The number of nitrogens with zero attached hydrogens (tertiary/aromatic N) is 1. The van der Waals surface area contributed by atoms with Crippen molar-refractivity contribution in [1.29, 1.82) is 0 Å². The highest BCUT2D eigenvalue weighted by Crippen LogP contribution is 2.14. The Hall–Kier alpha value is -2.08. The first-order valence-electron chi connectivity index (χ1n) is 6.50. The highest BCUT2D eigenvalue weighted by molar-refractivity contribution is 5.89. The Kier molecular flexibility index (Phi) is 6.52. The van der Waals surface area contributed by atoms with Crippen molar-refractivity contribution in [2.45, 2.75) is 6.92 Å². The lowest BCUT2D eigenvalue weighted by Gasteiger charge is -2.11. The van der Waals surface area contributed by atoms with E-state index in [1.54, 1.807) is 12.1 Å². The number of benzene rings is 1. The lowest BCUT2D eigenvalue weighted by atomic mass is 10.2. The molecule has 2 amide bonds. The molecule has 3 N–H and O–H groups in total. The van der Waals surface area contributed by atoms with Gasteiger partial charge in [0, 0.05) is 31.4 Å². The molecule has 0 aliphatic rings. The maximum atomic E-state index is 11.6. The standard InChI is InChI=1S/C14H22N4O2/c1-11(19)17-13-6-4-5-12(9-13)16-10-14(20)15-7-8-18(2)3/h4-6,9,16H,7-8,10H2,1-3H3,(H,15,20)(H,17,19). The lowest BCUT2D eigenvalue weighted by molar-refractivity contribution is -0.119. The van der Waals surface area contributed by atoms with E-state index >= 15 is 0 Å². The molecule has 0 bridgehead atoms. The Labute approximate surface area is 119 Å². The summed E-state index contributed by atoms with van der Waals surface area (Å²) in [5, 5.41) is 8.53. The predicted molar refractivity (Wildman–Crippen MR) is 80.8 cm³/mol. The van der Waals surface area contributed by atoms with E-state index in [2.05, 4.69) is 16.0 Å². The van der Waals surface area contributed by atoms with Crippen LogP contribution in [0.25, 0.3) is 0 Å². The van der Waals surface area contributed by atoms with Crippen molar-refractivity contribution in [1.82, 2.24) is 10.2 Å². The Morgan fingerprint density at radius 1 is 1.20 bits per heavy atom. The zero-order valence-electron chi connectivity index (χ0n) is 12.2. The third-order valence-corrected chi connectivity index (χ3v) is 2.52. The van der Waals surface area contributed by atoms with Crippen LogP contribution in [0.2, 0.25) is 0 Å². The molecule has 0 radical (unpaired) electrons. The predicted octanol–water partition coefficient (Wildman–Crippen LogP) is 0.735. The maximum Gasteiger partial charge on any atom is 0.239 e. The number of carbonyl (C=O) groups is 2. The van der Waals surface area contributed by atoms with E-state index in [0.717, 1.165) is 12.2 Å². The first kappa shape index (κ1) is 16.0. The minimum absolute atomic E-state index is 0.0585. The average Bonchev–Trinajstić information content (AvgIpc) is 2.35. The molecule has 1 rings (SSSR count). The summed E-state index contributed by atoms with van der Waals surface area (Å²) in [6.45, 7) is 3.10. The van der Waals surface area contributed by atoms with Gasteiger partial charge in [-0.25, -0.2) is 0 Å². The van der Waals surface area contributed by atoms with Crippen LogP contribution < -0.4 is 16.0 Å². The topological polar surface area (TPSA) is 73.5 Å². The molecular formula is C14H22N4O2. The van der Waals surface area contributed by atoms with Crippen LogP contribution in [-0.4, -0.2) is 50.4 Å². The van der Waals surface area contributed by atoms with Gasteiger partial charge < -0.3 is 20.9 Å². The van der Waals surface area contributed by atoms with E-state index in [1.165, 1.54) is 6.92 Å². The highest BCUT2D eigenvalue weighted by atomic mass is 16.2. The number of anilines is 2. The quantitative estimate of drug-likeness (QED) is 0.687. The van der Waals surface area contributed by atoms with E-state index < -0.39 is 0 Å². The number of rotatable bonds is 7. The molecule has 0 unspecified atom stereocenters. The van der Waals surface area contributed by atoms with Crippen LogP contribution in [0.15, 0.2) is 24.3 Å². The van der Waals surface area contributed by atoms with Crippen molar-refractivity contribution < 1.29 is 9.59 Å². The van der Waals surface area contributed by atoms with Gasteiger partial charge in [0.15, 0.2) is 0 Å². The Bertz CT molecular complexity index is 460. The van der Waals surface area contributed by atoms with Gasteiger partial charge in [-0.3, -0.25) is 9.59 Å². The summed E-state index contributed by atoms with van der Waals surface area (Å²) in [4.78, 5) is 24.6. The van der Waals surface area contributed by atoms with Gasteiger partial charge in [0.25, 0.3) is 0 Å². The van der Waals surface area contributed by atoms with Crippen LogP contribution in [0.4, 0.5) is 11.4 Å². The molecule has 0 saturated heterocycles. The second-order valence-corrected chi connectivity index (χ2v) is 4.77. The number of amides is 2. The number of likely N-dealkylation sites (N-methyl/N-ethyl adjacent to an activating group) is 1. The Morgan fingerprint density at radius 3 is 2.55 bits per heavy atom. The average molecular weight is 278 g/mol. The fraction of sp³-hybridized carbons (Fsp3) is 0.429. The number of carbonyl (C=O) groups excluding carboxylic acids is 2. The molecule has 1 aromatic carbocycles. The molecule has 6 nitrogen and oxygen atoms in total. The van der Waals surface area contributed by atoms with Gasteiger partial charge >= 0.3 is 0 Å². The molecule has 0 fully saturated rings. The van der Waals surface area contributed by atoms with Crippen molar-refractivity contribution in [3.8, 4) is 0 Å². The van der Waals surface area contributed by atoms with Gasteiger partial charge in [-0.05, 0) is 32.3 Å². The van der Waals surface area contributed by atoms with Gasteiger partial charge in [-0.2, -0.15) is 0 Å². The molecule has 0 saturated carbocycles. The normalized spacial score (nSPS) is 10.2. The second kappa shape index (κ2) is 8.16. The van der Waals surface area contributed by atoms with Crippen LogP contribution in [0, 0.1) is 0 Å². The molecule has 1 aromatic rings. The Balaban J connectivity index is 2.37. The van der Waals surface area contributed by atoms with Crippen molar-refractivity contribution in [2.24, 2.45) is 0 Å². The van der Waals surface area contributed by atoms with Crippen molar-refractivity contribution >= 4 is 23.2 Å². The number of hydrogen-bond acceptors (Lipinski definition) is 4. The summed E-state index contributed by atoms with van der Waals surface area (Å²) in [5.74, 6) is -0.180. The van der Waals surface area contributed by atoms with Crippen molar-refractivity contribution in [3.63, 3.8) is 0 Å². The van der Waals surface area contributed by atoms with Crippen LogP contribution >= 0.6 is 0 Å². The van der Waals surface area contributed by atoms with Gasteiger partial charge in [0.05, 0.1) is 6.54 Å². The van der Waals surface area contributed by atoms with Crippen LogP contribution in [0.1, 0.15) is 6.92 Å². The van der Waals surface area contributed by atoms with Gasteiger partial charge in [-0.1, -0.05) is 6.07 Å². The second-order valence-electron chi connectivity index (χ2n) is 4.77. The van der Waals surface area contributed by atoms with Crippen LogP contribution in [0.5, 0.6) is 0 Å². The van der Waals surface area contributed by atoms with Crippen LogP contribution in [0.3, 0.4) is 0 Å². The highest BCUT2D eigenvalue weighted by Gasteiger charge is 2.02. The third kappa shape index (κ3) is 6.75. The van der Waals surface area contributed by atoms with Crippen molar-refractivity contribution in [3.05, 3.63) is 24.3 Å². The molecule has 0 heterocycles. The molecule has 0 atom stereocenters. The fourth-order valence-electron chi connectivity index (χ4n) is 1.57. The Morgan fingerprint density at radius 2 is 1.90 bits per heavy atom. The van der Waals surface area contributed by atoms with Crippen molar-refractivity contribution in [2.75, 3.05) is 44.4 Å². The molecule has 110 valence electrons. The third-order valence-electron chi connectivity index (χ3n) is 2.52. The van der Waals surface area contributed by atoms with Gasteiger partial charge in [0.2, 0.25) is 11.8 Å². The zero-order valence-corrected chi connectivity index (χ0v) is 12.2. The summed E-state index contributed by atoms with van der Waals surface area (Å²) < 4.78 is 0. The summed E-state index contributed by atoms with van der Waals surface area (Å²) in [7, 11) is 3.91. The van der Waals surface area contributed by atoms with Crippen LogP contribution in [-0.2, 0) is 9.59 Å².